The van der Waals surface area contributed by atoms with Gasteiger partial charge in [0.2, 0.25) is 0 Å². The molecule has 0 aromatic carbocycles. The molecule has 68 heavy (non-hydrogen) atoms. The van der Waals surface area contributed by atoms with E-state index < -0.39 is 63.1 Å². The zero-order chi connectivity index (χ0) is 49.8. The number of hydrogen-bond acceptors (Lipinski definition) is 11. The van der Waals surface area contributed by atoms with Crippen LogP contribution in [0.4, 0.5) is 0 Å². The molecule has 0 aromatic rings. The minimum atomic E-state index is -5.04. The first-order chi connectivity index (χ1) is 33.0. The Kier molecular flexibility index (Phi) is 41.5. The van der Waals surface area contributed by atoms with Gasteiger partial charge in [-0.3, -0.25) is 13.8 Å². The molecule has 392 valence electrons. The van der Waals surface area contributed by atoms with E-state index in [4.69, 9.17) is 18.5 Å². The van der Waals surface area contributed by atoms with Crippen molar-refractivity contribution in [3.63, 3.8) is 0 Å². The molecular formula is C55H95O12P. The van der Waals surface area contributed by atoms with Crippen LogP contribution >= 0.6 is 7.82 Å². The average molecular weight is 979 g/mol. The second kappa shape index (κ2) is 44.5. The molecule has 0 aliphatic heterocycles. The SMILES string of the molecule is CC/C=C\C/C=C\C/C=C\C/C=C\C/C=C\CCCCCCCC(=O)OC(COCCCCCCCCCCCC/C=C\C/C=C\CCCCC)COP(=O)(O)OC1C(O)C(O)C(O)C(O)C1O. The Morgan fingerprint density at radius 2 is 0.868 bits per heavy atom. The summed E-state index contributed by atoms with van der Waals surface area (Å²) < 4.78 is 34.3. The lowest BCUT2D eigenvalue weighted by molar-refractivity contribution is -0.220. The molecule has 0 heterocycles. The Bertz CT molecular complexity index is 1440. The van der Waals surface area contributed by atoms with Gasteiger partial charge in [0.05, 0.1) is 13.2 Å². The maximum absolute atomic E-state index is 12.9. The van der Waals surface area contributed by atoms with Crippen LogP contribution in [0.5, 0.6) is 0 Å². The molecule has 1 aliphatic carbocycles. The summed E-state index contributed by atoms with van der Waals surface area (Å²) >= 11 is 0. The van der Waals surface area contributed by atoms with E-state index in [1.807, 2.05) is 0 Å². The Morgan fingerprint density at radius 3 is 1.32 bits per heavy atom. The van der Waals surface area contributed by atoms with E-state index in [9.17, 15) is 39.8 Å². The third-order valence-corrected chi connectivity index (χ3v) is 12.7. The topological polar surface area (TPSA) is 192 Å². The number of allylic oxidation sites excluding steroid dienone is 14. The number of rotatable bonds is 44. The summed E-state index contributed by atoms with van der Waals surface area (Å²) in [7, 11) is -5.04. The molecule has 0 radical (unpaired) electrons. The summed E-state index contributed by atoms with van der Waals surface area (Å²) in [5.41, 5.74) is 0. The lowest BCUT2D eigenvalue weighted by atomic mass is 9.85. The minimum Gasteiger partial charge on any atom is -0.457 e. The molecule has 0 bridgehead atoms. The van der Waals surface area contributed by atoms with Gasteiger partial charge in [0.1, 0.15) is 42.7 Å². The van der Waals surface area contributed by atoms with Gasteiger partial charge < -0.3 is 39.9 Å². The lowest BCUT2D eigenvalue weighted by Gasteiger charge is -2.41. The standard InChI is InChI=1S/C55H95O12P/c1-3-5-7-9-11-13-15-17-19-21-23-25-26-28-30-32-34-36-38-40-42-44-49(56)66-48(47-65-68(62,63)67-55-53(60)51(58)50(57)52(59)54(55)61)46-64-45-43-41-39-37-35-33-31-29-27-24-22-20-18-16-14-12-10-8-6-4-2/h5,7,11-14,17-20,23,25,28,30,48,50-55,57-61H,3-4,6,8-10,15-16,21-22,24,26-27,29,31-47H2,1-2H3,(H,62,63)/b7-5-,13-11-,14-12-,19-17-,20-18-,25-23-,30-28-. The quantitative estimate of drug-likeness (QED) is 0.0147. The number of unbranched alkanes of at least 4 members (excludes halogenated alkanes) is 18. The number of hydrogen-bond donors (Lipinski definition) is 6. The molecule has 6 atom stereocenters. The molecule has 0 spiro atoms. The Labute approximate surface area is 412 Å². The summed E-state index contributed by atoms with van der Waals surface area (Å²) in [6.45, 7) is 4.10. The van der Waals surface area contributed by atoms with E-state index in [0.29, 0.717) is 13.0 Å². The maximum Gasteiger partial charge on any atom is 0.472 e. The van der Waals surface area contributed by atoms with E-state index in [-0.39, 0.29) is 13.0 Å². The average Bonchev–Trinajstić information content (AvgIpc) is 3.32. The Hall–Kier alpha value is -2.48. The summed E-state index contributed by atoms with van der Waals surface area (Å²) in [6, 6.07) is 0. The van der Waals surface area contributed by atoms with Crippen LogP contribution < -0.4 is 0 Å². The van der Waals surface area contributed by atoms with Crippen molar-refractivity contribution >= 4 is 13.8 Å². The summed E-state index contributed by atoms with van der Waals surface area (Å²) in [5.74, 6) is -0.499. The van der Waals surface area contributed by atoms with Gasteiger partial charge in [-0.05, 0) is 89.9 Å². The van der Waals surface area contributed by atoms with Crippen LogP contribution in [0.15, 0.2) is 85.1 Å². The molecule has 12 nitrogen and oxygen atoms in total. The van der Waals surface area contributed by atoms with Crippen molar-refractivity contribution in [2.45, 2.75) is 236 Å². The van der Waals surface area contributed by atoms with Crippen LogP contribution in [0, 0.1) is 0 Å². The highest BCUT2D eigenvalue weighted by atomic mass is 31.2. The van der Waals surface area contributed by atoms with Gasteiger partial charge in [0.25, 0.3) is 0 Å². The van der Waals surface area contributed by atoms with Crippen LogP contribution in [-0.2, 0) is 27.9 Å². The second-order valence-corrected chi connectivity index (χ2v) is 19.4. The van der Waals surface area contributed by atoms with E-state index in [0.717, 1.165) is 103 Å². The van der Waals surface area contributed by atoms with E-state index in [1.54, 1.807) is 0 Å². The van der Waals surface area contributed by atoms with Crippen LogP contribution in [-0.4, -0.2) is 98.9 Å². The normalized spacial score (nSPS) is 21.8. The molecule has 1 rings (SSSR count). The molecular weight excluding hydrogens is 884 g/mol. The van der Waals surface area contributed by atoms with Gasteiger partial charge in [0.15, 0.2) is 0 Å². The van der Waals surface area contributed by atoms with Crippen molar-refractivity contribution < 1.29 is 58.3 Å². The van der Waals surface area contributed by atoms with Crippen molar-refractivity contribution in [2.75, 3.05) is 19.8 Å². The van der Waals surface area contributed by atoms with Crippen molar-refractivity contribution in [3.8, 4) is 0 Å². The fourth-order valence-electron chi connectivity index (χ4n) is 7.59. The number of carbonyl (C=O) groups excluding carboxylic acids is 1. The number of phosphoric acid groups is 1. The molecule has 13 heteroatoms. The van der Waals surface area contributed by atoms with Crippen molar-refractivity contribution in [1.29, 1.82) is 0 Å². The third kappa shape index (κ3) is 35.6. The molecule has 6 unspecified atom stereocenters. The Morgan fingerprint density at radius 1 is 0.485 bits per heavy atom. The molecule has 0 aromatic heterocycles. The molecule has 1 fully saturated rings. The van der Waals surface area contributed by atoms with Gasteiger partial charge in [-0.15, -0.1) is 0 Å². The molecule has 0 amide bonds. The number of aliphatic hydroxyl groups is 5. The van der Waals surface area contributed by atoms with Gasteiger partial charge in [-0.1, -0.05) is 182 Å². The largest absolute Gasteiger partial charge is 0.472 e. The lowest BCUT2D eigenvalue weighted by Crippen LogP contribution is -2.64. The number of carbonyl (C=O) groups is 1. The van der Waals surface area contributed by atoms with Crippen molar-refractivity contribution in [1.82, 2.24) is 0 Å². The van der Waals surface area contributed by atoms with Crippen LogP contribution in [0.25, 0.3) is 0 Å². The second-order valence-electron chi connectivity index (χ2n) is 18.0. The summed E-state index contributed by atoms with van der Waals surface area (Å²) in [6.07, 6.45) is 47.8. The van der Waals surface area contributed by atoms with Crippen LogP contribution in [0.2, 0.25) is 0 Å². The number of esters is 1. The fourth-order valence-corrected chi connectivity index (χ4v) is 8.56. The first kappa shape index (κ1) is 63.5. The number of aliphatic hydroxyl groups excluding tert-OH is 5. The summed E-state index contributed by atoms with van der Waals surface area (Å²) in [4.78, 5) is 23.3. The highest BCUT2D eigenvalue weighted by Gasteiger charge is 2.51. The monoisotopic (exact) mass is 979 g/mol. The van der Waals surface area contributed by atoms with Gasteiger partial charge in [-0.2, -0.15) is 0 Å². The van der Waals surface area contributed by atoms with Gasteiger partial charge in [0, 0.05) is 13.0 Å². The minimum absolute atomic E-state index is 0.0915. The molecule has 1 aliphatic rings. The fraction of sp³-hybridized carbons (Fsp3) is 0.727. The third-order valence-electron chi connectivity index (χ3n) is 11.8. The predicted octanol–water partition coefficient (Wildman–Crippen LogP) is 12.1. The zero-order valence-electron chi connectivity index (χ0n) is 42.1. The van der Waals surface area contributed by atoms with E-state index in [1.165, 1.54) is 64.2 Å². The number of ether oxygens (including phenoxy) is 2. The molecule has 6 N–H and O–H groups in total. The van der Waals surface area contributed by atoms with E-state index in [2.05, 4.69) is 98.9 Å². The first-order valence-electron chi connectivity index (χ1n) is 26.4. The highest BCUT2D eigenvalue weighted by molar-refractivity contribution is 7.47. The number of phosphoric ester groups is 1. The smallest absolute Gasteiger partial charge is 0.457 e. The van der Waals surface area contributed by atoms with Crippen molar-refractivity contribution in [3.05, 3.63) is 85.1 Å². The van der Waals surface area contributed by atoms with Crippen LogP contribution in [0.3, 0.4) is 0 Å². The van der Waals surface area contributed by atoms with Gasteiger partial charge >= 0.3 is 13.8 Å². The highest BCUT2D eigenvalue weighted by Crippen LogP contribution is 2.47. The van der Waals surface area contributed by atoms with Crippen molar-refractivity contribution in [2.24, 2.45) is 0 Å². The summed E-state index contributed by atoms with van der Waals surface area (Å²) in [5, 5.41) is 50.3. The predicted molar refractivity (Wildman–Crippen MR) is 276 cm³/mol. The zero-order valence-corrected chi connectivity index (χ0v) is 43.0. The van der Waals surface area contributed by atoms with Crippen LogP contribution in [0.1, 0.15) is 194 Å². The maximum atomic E-state index is 12.9. The van der Waals surface area contributed by atoms with Gasteiger partial charge in [-0.25, -0.2) is 4.57 Å². The first-order valence-corrected chi connectivity index (χ1v) is 27.9. The molecule has 0 saturated heterocycles. The van der Waals surface area contributed by atoms with E-state index >= 15 is 0 Å². The Balaban J connectivity index is 2.36. The molecule has 1 saturated carbocycles.